The van der Waals surface area contributed by atoms with Crippen molar-refractivity contribution in [2.24, 2.45) is 0 Å². The van der Waals surface area contributed by atoms with Gasteiger partial charge in [-0.25, -0.2) is 0 Å². The zero-order valence-electron chi connectivity index (χ0n) is 9.33. The Morgan fingerprint density at radius 3 is 1.00 bits per heavy atom. The molecule has 88 valence electrons. The largest absolute Gasteiger partial charge is 0.265 e. The fourth-order valence-electron chi connectivity index (χ4n) is 0.853. The minimum atomic E-state index is 0. The van der Waals surface area contributed by atoms with E-state index in [1.807, 2.05) is 38.1 Å². The van der Waals surface area contributed by atoms with Gasteiger partial charge in [0.25, 0.3) is 0 Å². The second-order valence-corrected chi connectivity index (χ2v) is 3.05. The molecule has 0 saturated carbocycles. The maximum Gasteiger partial charge on any atom is 0.0270 e. The molecule has 0 aromatic carbocycles. The molecule has 4 heteroatoms. The number of aromatic nitrogens is 2. The van der Waals surface area contributed by atoms with Crippen molar-refractivity contribution in [2.75, 3.05) is 0 Å². The van der Waals surface area contributed by atoms with E-state index in [1.54, 1.807) is 24.8 Å². The first-order chi connectivity index (χ1) is 6.79. The van der Waals surface area contributed by atoms with Crippen molar-refractivity contribution < 1.29 is 0 Å². The Hall–Kier alpha value is -1.12. The highest BCUT2D eigenvalue weighted by Gasteiger charge is 1.73. The number of nitrogens with zero attached hydrogens (tertiary/aromatic N) is 2. The van der Waals surface area contributed by atoms with E-state index in [9.17, 15) is 0 Å². The van der Waals surface area contributed by atoms with Crippen LogP contribution in [-0.4, -0.2) is 9.97 Å². The van der Waals surface area contributed by atoms with E-state index in [-0.39, 0.29) is 24.8 Å². The molecule has 2 aromatic rings. The zero-order valence-corrected chi connectivity index (χ0v) is 11.0. The smallest absolute Gasteiger partial charge is 0.0270 e. The lowest BCUT2D eigenvalue weighted by Crippen LogP contribution is -1.68. The molecule has 0 atom stereocenters. The molecule has 0 aliphatic carbocycles. The molecule has 0 N–H and O–H groups in total. The lowest BCUT2D eigenvalue weighted by Gasteiger charge is -1.82. The molecule has 2 heterocycles. The van der Waals surface area contributed by atoms with Crippen LogP contribution in [0.2, 0.25) is 0 Å². The first kappa shape index (κ1) is 17.3. The summed E-state index contributed by atoms with van der Waals surface area (Å²) in [6.07, 6.45) is 7.15. The van der Waals surface area contributed by atoms with Crippen molar-refractivity contribution in [1.82, 2.24) is 9.97 Å². The highest BCUT2D eigenvalue weighted by molar-refractivity contribution is 5.85. The summed E-state index contributed by atoms with van der Waals surface area (Å²) in [5.74, 6) is 0. The van der Waals surface area contributed by atoms with E-state index in [1.165, 1.54) is 11.1 Å². The molecule has 16 heavy (non-hydrogen) atoms. The van der Waals surface area contributed by atoms with E-state index in [4.69, 9.17) is 0 Å². The summed E-state index contributed by atoms with van der Waals surface area (Å²) < 4.78 is 0. The summed E-state index contributed by atoms with van der Waals surface area (Å²) in [6.45, 7) is 4.09. The van der Waals surface area contributed by atoms with Crippen LogP contribution in [0, 0.1) is 13.8 Å². The molecule has 0 unspecified atom stereocenters. The molecular formula is C12H16Cl2N2. The van der Waals surface area contributed by atoms with Crippen LogP contribution in [0.5, 0.6) is 0 Å². The number of pyridine rings is 2. The maximum absolute atomic E-state index is 3.85. The van der Waals surface area contributed by atoms with E-state index in [0.717, 1.165) is 0 Å². The molecule has 0 spiro atoms. The predicted molar refractivity (Wildman–Crippen MR) is 72.4 cm³/mol. The average molecular weight is 259 g/mol. The van der Waals surface area contributed by atoms with E-state index in [0.29, 0.717) is 0 Å². The zero-order chi connectivity index (χ0) is 10.2. The van der Waals surface area contributed by atoms with Crippen LogP contribution in [-0.2, 0) is 0 Å². The quantitative estimate of drug-likeness (QED) is 0.722. The second kappa shape index (κ2) is 10.4. The summed E-state index contributed by atoms with van der Waals surface area (Å²) in [5, 5.41) is 0. The minimum absolute atomic E-state index is 0. The van der Waals surface area contributed by atoms with Gasteiger partial charge in [-0.3, -0.25) is 9.97 Å². The van der Waals surface area contributed by atoms with Gasteiger partial charge in [0.15, 0.2) is 0 Å². The van der Waals surface area contributed by atoms with Crippen LogP contribution in [0.3, 0.4) is 0 Å². The first-order valence-electron chi connectivity index (χ1n) is 4.52. The third kappa shape index (κ3) is 8.21. The number of rotatable bonds is 0. The minimum Gasteiger partial charge on any atom is -0.265 e. The van der Waals surface area contributed by atoms with Crippen LogP contribution < -0.4 is 0 Å². The van der Waals surface area contributed by atoms with Gasteiger partial charge in [-0.1, -0.05) is 0 Å². The van der Waals surface area contributed by atoms with Gasteiger partial charge in [0.2, 0.25) is 0 Å². The molecule has 0 aliphatic rings. The summed E-state index contributed by atoms with van der Waals surface area (Å²) in [7, 11) is 0. The van der Waals surface area contributed by atoms with Gasteiger partial charge in [0, 0.05) is 24.8 Å². The highest BCUT2D eigenvalue weighted by atomic mass is 35.5. The molecule has 0 amide bonds. The van der Waals surface area contributed by atoms with Gasteiger partial charge < -0.3 is 0 Å². The van der Waals surface area contributed by atoms with Crippen molar-refractivity contribution >= 4 is 24.8 Å². The Morgan fingerprint density at radius 1 is 0.625 bits per heavy atom. The fourth-order valence-corrected chi connectivity index (χ4v) is 0.853. The summed E-state index contributed by atoms with van der Waals surface area (Å²) in [5.41, 5.74) is 2.52. The summed E-state index contributed by atoms with van der Waals surface area (Å²) in [6, 6.07) is 7.89. The van der Waals surface area contributed by atoms with Crippen molar-refractivity contribution in [3.63, 3.8) is 0 Å². The predicted octanol–water partition coefficient (Wildman–Crippen LogP) is 3.62. The Morgan fingerprint density at radius 2 is 0.875 bits per heavy atom. The number of aryl methyl sites for hydroxylation is 2. The van der Waals surface area contributed by atoms with Gasteiger partial charge in [-0.15, -0.1) is 24.8 Å². The third-order valence-electron chi connectivity index (χ3n) is 1.69. The third-order valence-corrected chi connectivity index (χ3v) is 1.69. The molecule has 0 bridgehead atoms. The van der Waals surface area contributed by atoms with Gasteiger partial charge in [-0.2, -0.15) is 0 Å². The van der Waals surface area contributed by atoms with Crippen molar-refractivity contribution in [2.45, 2.75) is 13.8 Å². The van der Waals surface area contributed by atoms with Crippen LogP contribution in [0.1, 0.15) is 11.1 Å². The SMILES string of the molecule is Cc1ccncc1.Cc1ccncc1.Cl.Cl. The number of halogens is 2. The molecule has 2 aromatic heterocycles. The summed E-state index contributed by atoms with van der Waals surface area (Å²) >= 11 is 0. The Balaban J connectivity index is 0. The number of hydrogen-bond donors (Lipinski definition) is 0. The van der Waals surface area contributed by atoms with Crippen LogP contribution in [0.15, 0.2) is 49.1 Å². The second-order valence-electron chi connectivity index (χ2n) is 3.05. The molecule has 0 aliphatic heterocycles. The van der Waals surface area contributed by atoms with Crippen LogP contribution in [0.25, 0.3) is 0 Å². The van der Waals surface area contributed by atoms with Crippen LogP contribution in [0.4, 0.5) is 0 Å². The molecule has 2 nitrogen and oxygen atoms in total. The van der Waals surface area contributed by atoms with Gasteiger partial charge >= 0.3 is 0 Å². The van der Waals surface area contributed by atoms with E-state index < -0.39 is 0 Å². The Kier molecular flexibility index (Phi) is 11.2. The molecule has 0 radical (unpaired) electrons. The Labute approximate surface area is 109 Å². The van der Waals surface area contributed by atoms with Gasteiger partial charge in [-0.05, 0) is 49.2 Å². The van der Waals surface area contributed by atoms with E-state index >= 15 is 0 Å². The first-order valence-corrected chi connectivity index (χ1v) is 4.52. The van der Waals surface area contributed by atoms with Crippen molar-refractivity contribution in [1.29, 1.82) is 0 Å². The lowest BCUT2D eigenvalue weighted by molar-refractivity contribution is 1.29. The standard InChI is InChI=1S/2C6H7N.2ClH/c2*1-6-2-4-7-5-3-6;;/h2*2-5H,1H3;2*1H. The monoisotopic (exact) mass is 258 g/mol. The fraction of sp³-hybridized carbons (Fsp3) is 0.167. The molecule has 2 rings (SSSR count). The molecule has 0 saturated heterocycles. The van der Waals surface area contributed by atoms with Gasteiger partial charge in [0.1, 0.15) is 0 Å². The lowest BCUT2D eigenvalue weighted by atomic mass is 10.3. The van der Waals surface area contributed by atoms with Crippen molar-refractivity contribution in [3.05, 3.63) is 60.2 Å². The normalized spacial score (nSPS) is 7.62. The molecule has 0 fully saturated rings. The summed E-state index contributed by atoms with van der Waals surface area (Å²) in [4.78, 5) is 7.69. The van der Waals surface area contributed by atoms with Crippen LogP contribution >= 0.6 is 24.8 Å². The van der Waals surface area contributed by atoms with Crippen molar-refractivity contribution in [3.8, 4) is 0 Å². The highest BCUT2D eigenvalue weighted by Crippen LogP contribution is 1.89. The maximum atomic E-state index is 3.85. The topological polar surface area (TPSA) is 25.8 Å². The Bertz CT molecular complexity index is 314. The molecular weight excluding hydrogens is 243 g/mol. The average Bonchev–Trinajstić information content (AvgIpc) is 2.21. The van der Waals surface area contributed by atoms with E-state index in [2.05, 4.69) is 9.97 Å². The number of hydrogen-bond acceptors (Lipinski definition) is 2. The van der Waals surface area contributed by atoms with Gasteiger partial charge in [0.05, 0.1) is 0 Å².